The normalized spacial score (nSPS) is 11.1. The molecular formula is C12H14F3N3O3S. The van der Waals surface area contributed by atoms with Gasteiger partial charge in [0.1, 0.15) is 5.03 Å². The second-order valence-electron chi connectivity index (χ2n) is 3.93. The van der Waals surface area contributed by atoms with Gasteiger partial charge in [-0.15, -0.1) is 0 Å². The van der Waals surface area contributed by atoms with Gasteiger partial charge in [-0.25, -0.2) is 4.98 Å². The molecule has 0 aliphatic heterocycles. The van der Waals surface area contributed by atoms with Crippen LogP contribution < -0.4 is 10.6 Å². The Bertz CT molecular complexity index is 526. The first-order chi connectivity index (χ1) is 10.3. The molecule has 122 valence electrons. The summed E-state index contributed by atoms with van der Waals surface area (Å²) in [6, 6.07) is 2.55. The quantitative estimate of drug-likeness (QED) is 0.577. The van der Waals surface area contributed by atoms with E-state index in [1.54, 1.807) is 0 Å². The highest BCUT2D eigenvalue weighted by molar-refractivity contribution is 8.00. The van der Waals surface area contributed by atoms with Crippen molar-refractivity contribution in [1.29, 1.82) is 0 Å². The number of alkyl halides is 3. The molecule has 22 heavy (non-hydrogen) atoms. The molecule has 1 heterocycles. The fourth-order valence-corrected chi connectivity index (χ4v) is 1.97. The van der Waals surface area contributed by atoms with E-state index in [9.17, 15) is 22.8 Å². The largest absolute Gasteiger partial charge is 0.447 e. The lowest BCUT2D eigenvalue weighted by Gasteiger charge is -2.10. The van der Waals surface area contributed by atoms with Crippen LogP contribution in [0, 0.1) is 0 Å². The van der Waals surface area contributed by atoms with Gasteiger partial charge in [0.15, 0.2) is 0 Å². The molecule has 0 saturated carbocycles. The molecule has 2 amide bonds. The van der Waals surface area contributed by atoms with E-state index in [-0.39, 0.29) is 18.7 Å². The molecule has 0 aromatic carbocycles. The minimum atomic E-state index is -4.55. The highest BCUT2D eigenvalue weighted by Gasteiger charge is 2.32. The zero-order valence-electron chi connectivity index (χ0n) is 11.6. The maximum absolute atomic E-state index is 12.4. The molecule has 2 N–H and O–H groups in total. The van der Waals surface area contributed by atoms with Gasteiger partial charge in [0.05, 0.1) is 18.7 Å². The minimum absolute atomic E-state index is 0.241. The van der Waals surface area contributed by atoms with Gasteiger partial charge in [-0.3, -0.25) is 9.59 Å². The molecule has 0 aliphatic carbocycles. The number of nitrogens with one attached hydrogen (secondary N) is 2. The highest BCUT2D eigenvalue weighted by Crippen LogP contribution is 2.37. The SMILES string of the molecule is COCCNC(=O)CNC(=O)c1cccnc1SC(F)(F)F. The van der Waals surface area contributed by atoms with Crippen molar-refractivity contribution in [2.75, 3.05) is 26.8 Å². The average Bonchev–Trinajstić information content (AvgIpc) is 2.44. The summed E-state index contributed by atoms with van der Waals surface area (Å²) in [5.74, 6) is -1.28. The molecular weight excluding hydrogens is 323 g/mol. The smallest absolute Gasteiger partial charge is 0.383 e. The van der Waals surface area contributed by atoms with Crippen LogP contribution in [0.3, 0.4) is 0 Å². The van der Waals surface area contributed by atoms with Crippen molar-refractivity contribution in [2.45, 2.75) is 10.5 Å². The summed E-state index contributed by atoms with van der Waals surface area (Å²) in [4.78, 5) is 26.8. The van der Waals surface area contributed by atoms with Crippen LogP contribution in [-0.4, -0.2) is 49.1 Å². The van der Waals surface area contributed by atoms with Crippen molar-refractivity contribution in [3.63, 3.8) is 0 Å². The van der Waals surface area contributed by atoms with Crippen molar-refractivity contribution in [1.82, 2.24) is 15.6 Å². The fourth-order valence-electron chi connectivity index (χ4n) is 1.37. The molecule has 0 spiro atoms. The lowest BCUT2D eigenvalue weighted by Crippen LogP contribution is -2.38. The van der Waals surface area contributed by atoms with Crippen molar-refractivity contribution >= 4 is 23.6 Å². The summed E-state index contributed by atoms with van der Waals surface area (Å²) in [5.41, 5.74) is -4.80. The van der Waals surface area contributed by atoms with Crippen LogP contribution in [0.4, 0.5) is 13.2 Å². The number of rotatable bonds is 7. The summed E-state index contributed by atoms with van der Waals surface area (Å²) >= 11 is -0.482. The Morgan fingerprint density at radius 2 is 2.09 bits per heavy atom. The number of halogens is 3. The standard InChI is InChI=1S/C12H14F3N3O3S/c1-21-6-5-16-9(19)7-18-10(20)8-3-2-4-17-11(8)22-12(13,14)15/h2-4H,5-7H2,1H3,(H,16,19)(H,18,20). The van der Waals surface area contributed by atoms with Crippen LogP contribution in [0.2, 0.25) is 0 Å². The van der Waals surface area contributed by atoms with E-state index < -0.39 is 34.1 Å². The van der Waals surface area contributed by atoms with E-state index in [0.29, 0.717) is 6.61 Å². The second kappa shape index (κ2) is 8.59. The van der Waals surface area contributed by atoms with Gasteiger partial charge in [0, 0.05) is 31.6 Å². The average molecular weight is 337 g/mol. The van der Waals surface area contributed by atoms with Crippen LogP contribution in [0.25, 0.3) is 0 Å². The number of carbonyl (C=O) groups is 2. The fraction of sp³-hybridized carbons (Fsp3) is 0.417. The molecule has 0 atom stereocenters. The number of nitrogens with zero attached hydrogens (tertiary/aromatic N) is 1. The first-order valence-corrected chi connectivity index (χ1v) is 6.89. The molecule has 1 rings (SSSR count). The van der Waals surface area contributed by atoms with Crippen molar-refractivity contribution in [3.8, 4) is 0 Å². The summed E-state index contributed by atoms with van der Waals surface area (Å²) in [7, 11) is 1.47. The Morgan fingerprint density at radius 1 is 1.36 bits per heavy atom. The van der Waals surface area contributed by atoms with E-state index in [0.717, 1.165) is 6.20 Å². The van der Waals surface area contributed by atoms with E-state index in [2.05, 4.69) is 15.6 Å². The lowest BCUT2D eigenvalue weighted by atomic mass is 10.2. The first kappa shape index (κ1) is 18.2. The lowest BCUT2D eigenvalue weighted by molar-refractivity contribution is -0.120. The number of pyridine rings is 1. The minimum Gasteiger partial charge on any atom is -0.383 e. The van der Waals surface area contributed by atoms with Crippen molar-refractivity contribution in [2.24, 2.45) is 0 Å². The zero-order valence-corrected chi connectivity index (χ0v) is 12.4. The molecule has 0 fully saturated rings. The van der Waals surface area contributed by atoms with Gasteiger partial charge >= 0.3 is 5.51 Å². The van der Waals surface area contributed by atoms with Crippen LogP contribution in [0.1, 0.15) is 10.4 Å². The van der Waals surface area contributed by atoms with Crippen LogP contribution in [-0.2, 0) is 9.53 Å². The molecule has 0 aliphatic rings. The molecule has 0 radical (unpaired) electrons. The summed E-state index contributed by atoms with van der Waals surface area (Å²) in [6.07, 6.45) is 1.16. The van der Waals surface area contributed by atoms with Gasteiger partial charge in [-0.1, -0.05) is 0 Å². The Morgan fingerprint density at radius 3 is 2.73 bits per heavy atom. The summed E-state index contributed by atoms with van der Waals surface area (Å²) in [6.45, 7) is 0.232. The second-order valence-corrected chi connectivity index (χ2v) is 4.98. The number of thioether (sulfide) groups is 1. The first-order valence-electron chi connectivity index (χ1n) is 6.08. The third kappa shape index (κ3) is 6.76. The third-order valence-corrected chi connectivity index (χ3v) is 3.02. The summed E-state index contributed by atoms with van der Waals surface area (Å²) < 4.78 is 41.9. The molecule has 0 unspecified atom stereocenters. The van der Waals surface area contributed by atoms with Crippen LogP contribution >= 0.6 is 11.8 Å². The van der Waals surface area contributed by atoms with Gasteiger partial charge in [-0.2, -0.15) is 13.2 Å². The van der Waals surface area contributed by atoms with Gasteiger partial charge < -0.3 is 15.4 Å². The van der Waals surface area contributed by atoms with Crippen LogP contribution in [0.5, 0.6) is 0 Å². The third-order valence-electron chi connectivity index (χ3n) is 2.27. The Balaban J connectivity index is 2.60. The topological polar surface area (TPSA) is 80.3 Å². The van der Waals surface area contributed by atoms with Gasteiger partial charge in [-0.05, 0) is 12.1 Å². The Kier molecular flexibility index (Phi) is 7.12. The maximum atomic E-state index is 12.4. The molecule has 0 bridgehead atoms. The van der Waals surface area contributed by atoms with Crippen molar-refractivity contribution < 1.29 is 27.5 Å². The van der Waals surface area contributed by atoms with Crippen LogP contribution in [0.15, 0.2) is 23.4 Å². The molecule has 1 aromatic rings. The molecule has 10 heteroatoms. The number of ether oxygens (including phenoxy) is 1. The van der Waals surface area contributed by atoms with E-state index in [1.165, 1.54) is 19.2 Å². The number of carbonyl (C=O) groups excluding carboxylic acids is 2. The molecule has 1 aromatic heterocycles. The van der Waals surface area contributed by atoms with E-state index in [1.807, 2.05) is 0 Å². The Labute approximate surface area is 128 Å². The van der Waals surface area contributed by atoms with Crippen molar-refractivity contribution in [3.05, 3.63) is 23.9 Å². The Hall–Kier alpha value is -1.81. The molecule has 0 saturated heterocycles. The van der Waals surface area contributed by atoms with E-state index in [4.69, 9.17) is 4.74 Å². The number of aromatic nitrogens is 1. The monoisotopic (exact) mass is 337 g/mol. The zero-order chi connectivity index (χ0) is 16.6. The number of hydrogen-bond donors (Lipinski definition) is 2. The van der Waals surface area contributed by atoms with E-state index >= 15 is 0 Å². The highest BCUT2D eigenvalue weighted by atomic mass is 32.2. The number of amides is 2. The predicted molar refractivity (Wildman–Crippen MR) is 73.4 cm³/mol. The number of methoxy groups -OCH3 is 1. The summed E-state index contributed by atoms with van der Waals surface area (Å²) in [5, 5.41) is 4.24. The molecule has 6 nitrogen and oxygen atoms in total. The maximum Gasteiger partial charge on any atom is 0.447 e. The van der Waals surface area contributed by atoms with Gasteiger partial charge in [0.25, 0.3) is 5.91 Å². The number of hydrogen-bond acceptors (Lipinski definition) is 5. The predicted octanol–water partition coefficient (Wildman–Crippen LogP) is 1.19. The van der Waals surface area contributed by atoms with Gasteiger partial charge in [0.2, 0.25) is 5.91 Å².